The Hall–Kier alpha value is -2.18. The Morgan fingerprint density at radius 2 is 1.59 bits per heavy atom. The van der Waals surface area contributed by atoms with Gasteiger partial charge >= 0.3 is 0 Å². The van der Waals surface area contributed by atoms with Gasteiger partial charge in [-0.1, -0.05) is 42.5 Å². The summed E-state index contributed by atoms with van der Waals surface area (Å²) in [5.41, 5.74) is 2.52. The number of amides is 1. The average Bonchev–Trinajstić information content (AvgIpc) is 3.22. The van der Waals surface area contributed by atoms with Gasteiger partial charge < -0.3 is 5.32 Å². The molecule has 0 unspecified atom stereocenters. The van der Waals surface area contributed by atoms with Crippen molar-refractivity contribution in [3.8, 4) is 0 Å². The summed E-state index contributed by atoms with van der Waals surface area (Å²) in [5, 5.41) is 2.92. The summed E-state index contributed by atoms with van der Waals surface area (Å²) in [7, 11) is -3.26. The van der Waals surface area contributed by atoms with E-state index in [-0.39, 0.29) is 11.7 Å². The molecule has 0 saturated carbocycles. The lowest BCUT2D eigenvalue weighted by Crippen LogP contribution is -2.29. The zero-order chi connectivity index (χ0) is 19.1. The molecular weight excluding hydrogens is 360 g/mol. The molecule has 1 aliphatic rings. The molecule has 1 saturated heterocycles. The van der Waals surface area contributed by atoms with Crippen molar-refractivity contribution in [2.75, 3.05) is 19.6 Å². The average molecular weight is 387 g/mol. The van der Waals surface area contributed by atoms with Crippen LogP contribution in [0.1, 0.15) is 40.7 Å². The molecule has 0 atom stereocenters. The minimum Gasteiger partial charge on any atom is -0.352 e. The van der Waals surface area contributed by atoms with Crippen molar-refractivity contribution in [3.63, 3.8) is 0 Å². The molecule has 0 bridgehead atoms. The van der Waals surface area contributed by atoms with E-state index in [1.807, 2.05) is 18.2 Å². The summed E-state index contributed by atoms with van der Waals surface area (Å²) < 4.78 is 26.3. The lowest BCUT2D eigenvalue weighted by molar-refractivity contribution is 0.0953. The van der Waals surface area contributed by atoms with Crippen LogP contribution >= 0.6 is 0 Å². The SMILES string of the molecule is O=C(NCCCc1ccccc1)c1ccc(CS(=O)(=O)N2CCCC2)cc1. The van der Waals surface area contributed by atoms with Crippen LogP contribution in [0.25, 0.3) is 0 Å². The summed E-state index contributed by atoms with van der Waals surface area (Å²) >= 11 is 0. The highest BCUT2D eigenvalue weighted by Crippen LogP contribution is 2.17. The van der Waals surface area contributed by atoms with E-state index in [1.54, 1.807) is 28.6 Å². The maximum absolute atomic E-state index is 12.4. The molecule has 6 heteroatoms. The smallest absolute Gasteiger partial charge is 0.251 e. The van der Waals surface area contributed by atoms with Gasteiger partial charge in [0, 0.05) is 25.2 Å². The largest absolute Gasteiger partial charge is 0.352 e. The van der Waals surface area contributed by atoms with Crippen molar-refractivity contribution in [2.45, 2.75) is 31.4 Å². The predicted molar refractivity (Wildman–Crippen MR) is 107 cm³/mol. The lowest BCUT2D eigenvalue weighted by Gasteiger charge is -2.15. The zero-order valence-corrected chi connectivity index (χ0v) is 16.2. The van der Waals surface area contributed by atoms with Crippen molar-refractivity contribution in [1.82, 2.24) is 9.62 Å². The van der Waals surface area contributed by atoms with Crippen LogP contribution in [0.3, 0.4) is 0 Å². The normalized spacial score (nSPS) is 15.0. The van der Waals surface area contributed by atoms with E-state index in [2.05, 4.69) is 17.4 Å². The van der Waals surface area contributed by atoms with Gasteiger partial charge in [-0.05, 0) is 48.9 Å². The summed E-state index contributed by atoms with van der Waals surface area (Å²) in [5.74, 6) is -0.136. The Morgan fingerprint density at radius 3 is 2.26 bits per heavy atom. The first-order valence-corrected chi connectivity index (χ1v) is 11.0. The van der Waals surface area contributed by atoms with E-state index in [0.29, 0.717) is 30.8 Å². The molecule has 2 aromatic carbocycles. The molecule has 1 fully saturated rings. The molecule has 0 aliphatic carbocycles. The van der Waals surface area contributed by atoms with Crippen molar-refractivity contribution in [3.05, 3.63) is 71.3 Å². The molecule has 1 heterocycles. The van der Waals surface area contributed by atoms with Crippen LogP contribution in [-0.4, -0.2) is 38.3 Å². The molecule has 0 spiro atoms. The first kappa shape index (κ1) is 19.6. The Kier molecular flexibility index (Phi) is 6.63. The van der Waals surface area contributed by atoms with E-state index in [9.17, 15) is 13.2 Å². The molecule has 27 heavy (non-hydrogen) atoms. The molecule has 1 amide bonds. The van der Waals surface area contributed by atoms with Crippen molar-refractivity contribution >= 4 is 15.9 Å². The standard InChI is InChI=1S/C21H26N2O3S/c24-21(22-14-6-9-18-7-2-1-3-8-18)20-12-10-19(11-13-20)17-27(25,26)23-15-4-5-16-23/h1-3,7-8,10-13H,4-6,9,14-17H2,(H,22,24). The zero-order valence-electron chi connectivity index (χ0n) is 15.4. The third-order valence-corrected chi connectivity index (χ3v) is 6.64. The number of nitrogens with one attached hydrogen (secondary N) is 1. The van der Waals surface area contributed by atoms with Gasteiger partial charge in [-0.15, -0.1) is 0 Å². The third kappa shape index (κ3) is 5.65. The molecule has 0 radical (unpaired) electrons. The highest BCUT2D eigenvalue weighted by molar-refractivity contribution is 7.88. The minimum absolute atomic E-state index is 0.00796. The molecule has 0 aromatic heterocycles. The Labute approximate surface area is 161 Å². The Balaban J connectivity index is 1.47. The van der Waals surface area contributed by atoms with Crippen LogP contribution < -0.4 is 5.32 Å². The topological polar surface area (TPSA) is 66.5 Å². The van der Waals surface area contributed by atoms with Gasteiger partial charge in [0.05, 0.1) is 5.75 Å². The monoisotopic (exact) mass is 386 g/mol. The predicted octanol–water partition coefficient (Wildman–Crippen LogP) is 2.97. The van der Waals surface area contributed by atoms with Gasteiger partial charge in [-0.2, -0.15) is 0 Å². The van der Waals surface area contributed by atoms with Crippen LogP contribution in [0.4, 0.5) is 0 Å². The van der Waals surface area contributed by atoms with Gasteiger partial charge in [-0.25, -0.2) is 12.7 Å². The highest BCUT2D eigenvalue weighted by atomic mass is 32.2. The van der Waals surface area contributed by atoms with E-state index < -0.39 is 10.0 Å². The number of aryl methyl sites for hydroxylation is 1. The highest BCUT2D eigenvalue weighted by Gasteiger charge is 2.25. The minimum atomic E-state index is -3.26. The van der Waals surface area contributed by atoms with Gasteiger partial charge in [0.2, 0.25) is 10.0 Å². The molecule has 1 aliphatic heterocycles. The van der Waals surface area contributed by atoms with Gasteiger partial charge in [0.15, 0.2) is 0 Å². The Bertz CT molecular complexity index is 843. The van der Waals surface area contributed by atoms with E-state index >= 15 is 0 Å². The first-order chi connectivity index (χ1) is 13.0. The lowest BCUT2D eigenvalue weighted by atomic mass is 10.1. The number of hydrogen-bond acceptors (Lipinski definition) is 3. The number of carbonyl (C=O) groups excluding carboxylic acids is 1. The number of nitrogens with zero attached hydrogens (tertiary/aromatic N) is 1. The fraction of sp³-hybridized carbons (Fsp3) is 0.381. The van der Waals surface area contributed by atoms with E-state index in [1.165, 1.54) is 5.56 Å². The third-order valence-electron chi connectivity index (χ3n) is 4.79. The van der Waals surface area contributed by atoms with Crippen molar-refractivity contribution in [2.24, 2.45) is 0 Å². The Morgan fingerprint density at radius 1 is 0.926 bits per heavy atom. The molecule has 5 nitrogen and oxygen atoms in total. The molecular formula is C21H26N2O3S. The second kappa shape index (κ2) is 9.15. The number of benzene rings is 2. The van der Waals surface area contributed by atoms with Crippen LogP contribution in [-0.2, 0) is 22.2 Å². The molecule has 3 rings (SSSR count). The number of sulfonamides is 1. The molecule has 144 valence electrons. The van der Waals surface area contributed by atoms with Crippen LogP contribution in [0, 0.1) is 0 Å². The number of rotatable bonds is 8. The fourth-order valence-corrected chi connectivity index (χ4v) is 4.87. The van der Waals surface area contributed by atoms with Crippen molar-refractivity contribution < 1.29 is 13.2 Å². The van der Waals surface area contributed by atoms with Crippen LogP contribution in [0.2, 0.25) is 0 Å². The van der Waals surface area contributed by atoms with Gasteiger partial charge in [0.25, 0.3) is 5.91 Å². The maximum Gasteiger partial charge on any atom is 0.251 e. The first-order valence-electron chi connectivity index (χ1n) is 9.43. The molecule has 2 aromatic rings. The second-order valence-corrected chi connectivity index (χ2v) is 8.87. The van der Waals surface area contributed by atoms with Crippen LogP contribution in [0.15, 0.2) is 54.6 Å². The van der Waals surface area contributed by atoms with Gasteiger partial charge in [-0.3, -0.25) is 4.79 Å². The van der Waals surface area contributed by atoms with Crippen molar-refractivity contribution in [1.29, 1.82) is 0 Å². The van der Waals surface area contributed by atoms with E-state index in [0.717, 1.165) is 25.7 Å². The number of carbonyl (C=O) groups is 1. The number of hydrogen-bond donors (Lipinski definition) is 1. The second-order valence-electron chi connectivity index (χ2n) is 6.90. The maximum atomic E-state index is 12.4. The summed E-state index contributed by atoms with van der Waals surface area (Å²) in [4.78, 5) is 12.2. The van der Waals surface area contributed by atoms with Gasteiger partial charge in [0.1, 0.15) is 0 Å². The summed E-state index contributed by atoms with van der Waals surface area (Å²) in [6, 6.07) is 17.0. The fourth-order valence-electron chi connectivity index (χ4n) is 3.26. The summed E-state index contributed by atoms with van der Waals surface area (Å²) in [6.07, 6.45) is 3.67. The summed E-state index contributed by atoms with van der Waals surface area (Å²) in [6.45, 7) is 1.84. The van der Waals surface area contributed by atoms with Crippen LogP contribution in [0.5, 0.6) is 0 Å². The quantitative estimate of drug-likeness (QED) is 0.709. The van der Waals surface area contributed by atoms with E-state index in [4.69, 9.17) is 0 Å². The molecule has 1 N–H and O–H groups in total.